The van der Waals surface area contributed by atoms with Gasteiger partial charge in [-0.1, -0.05) is 12.7 Å². The molecular formula is C12H10F3N3O. The Balaban J connectivity index is 2.28. The van der Waals surface area contributed by atoms with Gasteiger partial charge in [-0.2, -0.15) is 5.10 Å². The number of nitrogens with zero attached hydrogens (tertiary/aromatic N) is 1. The van der Waals surface area contributed by atoms with Crippen LogP contribution in [0, 0.1) is 0 Å². The van der Waals surface area contributed by atoms with Gasteiger partial charge in [0.05, 0.1) is 6.20 Å². The maximum Gasteiger partial charge on any atom is 0.573 e. The predicted octanol–water partition coefficient (Wildman–Crippen LogP) is 3.69. The molecule has 0 aliphatic rings. The van der Waals surface area contributed by atoms with Crippen molar-refractivity contribution in [1.82, 2.24) is 10.2 Å². The molecule has 0 saturated heterocycles. The van der Waals surface area contributed by atoms with Gasteiger partial charge in [0.1, 0.15) is 11.6 Å². The highest BCUT2D eigenvalue weighted by molar-refractivity contribution is 5.64. The van der Waals surface area contributed by atoms with E-state index in [1.54, 1.807) is 12.1 Å². The fraction of sp³-hybridized carbons (Fsp3) is 0.0833. The van der Waals surface area contributed by atoms with Crippen LogP contribution in [0.15, 0.2) is 37.0 Å². The van der Waals surface area contributed by atoms with E-state index in [-0.39, 0.29) is 5.75 Å². The number of anilines is 2. The minimum atomic E-state index is -4.73. The summed E-state index contributed by atoms with van der Waals surface area (Å²) in [5.74, 6) is 0.242. The zero-order valence-electron chi connectivity index (χ0n) is 9.66. The van der Waals surface area contributed by atoms with Crippen LogP contribution < -0.4 is 10.1 Å². The van der Waals surface area contributed by atoms with Crippen LogP contribution in [-0.4, -0.2) is 16.6 Å². The lowest BCUT2D eigenvalue weighted by Gasteiger charge is -2.12. The Bertz CT molecular complexity index is 564. The largest absolute Gasteiger partial charge is 0.573 e. The molecule has 0 atom stereocenters. The fourth-order valence-corrected chi connectivity index (χ4v) is 1.49. The molecule has 19 heavy (non-hydrogen) atoms. The van der Waals surface area contributed by atoms with Gasteiger partial charge in [0, 0.05) is 17.8 Å². The second kappa shape index (κ2) is 5.05. The summed E-state index contributed by atoms with van der Waals surface area (Å²) in [5.41, 5.74) is 0.935. The van der Waals surface area contributed by atoms with Crippen LogP contribution >= 0.6 is 0 Å². The molecule has 4 nitrogen and oxygen atoms in total. The number of hydrogen-bond acceptors (Lipinski definition) is 3. The van der Waals surface area contributed by atoms with Gasteiger partial charge < -0.3 is 10.1 Å². The van der Waals surface area contributed by atoms with Gasteiger partial charge in [-0.25, -0.2) is 0 Å². The molecule has 7 heteroatoms. The molecule has 0 aliphatic carbocycles. The van der Waals surface area contributed by atoms with E-state index in [1.807, 2.05) is 0 Å². The van der Waals surface area contributed by atoms with Crippen LogP contribution in [0.25, 0.3) is 6.08 Å². The first kappa shape index (κ1) is 13.0. The molecule has 0 bridgehead atoms. The van der Waals surface area contributed by atoms with Crippen LogP contribution in [0.4, 0.5) is 24.7 Å². The zero-order chi connectivity index (χ0) is 13.9. The lowest BCUT2D eigenvalue weighted by Crippen LogP contribution is -2.17. The second-order valence-electron chi connectivity index (χ2n) is 3.64. The Morgan fingerprint density at radius 1 is 1.32 bits per heavy atom. The van der Waals surface area contributed by atoms with Gasteiger partial charge in [-0.3, -0.25) is 5.10 Å². The molecule has 0 saturated carbocycles. The van der Waals surface area contributed by atoms with E-state index < -0.39 is 6.36 Å². The third-order valence-electron chi connectivity index (χ3n) is 2.18. The van der Waals surface area contributed by atoms with Crippen molar-refractivity contribution in [3.8, 4) is 5.75 Å². The van der Waals surface area contributed by atoms with Gasteiger partial charge in [-0.15, -0.1) is 13.2 Å². The number of hydrogen-bond donors (Lipinski definition) is 2. The number of rotatable bonds is 4. The Hall–Kier alpha value is -2.44. The first-order valence-corrected chi connectivity index (χ1v) is 5.26. The SMILES string of the molecule is C=Cc1cc(Nc2ccn[nH]2)cc(OC(F)(F)F)c1. The summed E-state index contributed by atoms with van der Waals surface area (Å²) in [6.45, 7) is 3.52. The van der Waals surface area contributed by atoms with Crippen LogP contribution in [0.5, 0.6) is 5.75 Å². The summed E-state index contributed by atoms with van der Waals surface area (Å²) in [4.78, 5) is 0. The van der Waals surface area contributed by atoms with Gasteiger partial charge in [0.15, 0.2) is 0 Å². The Kier molecular flexibility index (Phi) is 3.46. The van der Waals surface area contributed by atoms with Crippen molar-refractivity contribution in [1.29, 1.82) is 0 Å². The number of benzene rings is 1. The van der Waals surface area contributed by atoms with Crippen molar-refractivity contribution >= 4 is 17.6 Å². The number of alkyl halides is 3. The van der Waals surface area contributed by atoms with Crippen molar-refractivity contribution < 1.29 is 17.9 Å². The monoisotopic (exact) mass is 269 g/mol. The molecular weight excluding hydrogens is 259 g/mol. The summed E-state index contributed by atoms with van der Waals surface area (Å²) in [5, 5.41) is 9.24. The number of nitrogens with one attached hydrogen (secondary N) is 2. The lowest BCUT2D eigenvalue weighted by molar-refractivity contribution is -0.274. The highest BCUT2D eigenvalue weighted by Crippen LogP contribution is 2.28. The second-order valence-corrected chi connectivity index (χ2v) is 3.64. The Morgan fingerprint density at radius 3 is 2.68 bits per heavy atom. The molecule has 0 aliphatic heterocycles. The highest BCUT2D eigenvalue weighted by Gasteiger charge is 2.31. The van der Waals surface area contributed by atoms with E-state index in [4.69, 9.17) is 0 Å². The molecule has 1 heterocycles. The van der Waals surface area contributed by atoms with Crippen LogP contribution in [0.1, 0.15) is 5.56 Å². The smallest absolute Gasteiger partial charge is 0.406 e. The molecule has 0 amide bonds. The van der Waals surface area contributed by atoms with E-state index >= 15 is 0 Å². The minimum absolute atomic E-state index is 0.313. The maximum atomic E-state index is 12.2. The Morgan fingerprint density at radius 2 is 2.11 bits per heavy atom. The van der Waals surface area contributed by atoms with E-state index in [9.17, 15) is 13.2 Å². The van der Waals surface area contributed by atoms with Crippen molar-refractivity contribution in [2.45, 2.75) is 6.36 Å². The first-order valence-electron chi connectivity index (χ1n) is 5.26. The van der Waals surface area contributed by atoms with Crippen molar-refractivity contribution in [2.75, 3.05) is 5.32 Å². The van der Waals surface area contributed by atoms with Crippen LogP contribution in [-0.2, 0) is 0 Å². The molecule has 1 aromatic carbocycles. The summed E-state index contributed by atoms with van der Waals surface area (Å²) in [6, 6.07) is 5.77. The summed E-state index contributed by atoms with van der Waals surface area (Å²) in [7, 11) is 0. The van der Waals surface area contributed by atoms with E-state index in [1.165, 1.54) is 24.4 Å². The van der Waals surface area contributed by atoms with Crippen molar-refractivity contribution in [3.05, 3.63) is 42.6 Å². The molecule has 0 radical (unpaired) electrons. The molecule has 2 aromatic rings. The third kappa shape index (κ3) is 3.77. The van der Waals surface area contributed by atoms with Gasteiger partial charge >= 0.3 is 6.36 Å². The molecule has 1 aromatic heterocycles. The fourth-order valence-electron chi connectivity index (χ4n) is 1.49. The Labute approximate surface area is 106 Å². The minimum Gasteiger partial charge on any atom is -0.406 e. The molecule has 2 N–H and O–H groups in total. The first-order chi connectivity index (χ1) is 8.96. The summed E-state index contributed by atoms with van der Waals surface area (Å²) in [6.07, 6.45) is -1.78. The highest BCUT2D eigenvalue weighted by atomic mass is 19.4. The molecule has 0 unspecified atom stereocenters. The number of aromatic amines is 1. The maximum absolute atomic E-state index is 12.2. The average molecular weight is 269 g/mol. The molecule has 0 spiro atoms. The third-order valence-corrected chi connectivity index (χ3v) is 2.18. The number of halogens is 3. The van der Waals surface area contributed by atoms with Crippen molar-refractivity contribution in [2.24, 2.45) is 0 Å². The van der Waals surface area contributed by atoms with Crippen molar-refractivity contribution in [3.63, 3.8) is 0 Å². The van der Waals surface area contributed by atoms with Crippen LogP contribution in [0.2, 0.25) is 0 Å². The molecule has 0 fully saturated rings. The zero-order valence-corrected chi connectivity index (χ0v) is 9.66. The predicted molar refractivity (Wildman–Crippen MR) is 65.1 cm³/mol. The normalized spacial score (nSPS) is 11.1. The van der Waals surface area contributed by atoms with E-state index in [0.717, 1.165) is 0 Å². The quantitative estimate of drug-likeness (QED) is 0.889. The van der Waals surface area contributed by atoms with Crippen LogP contribution in [0.3, 0.4) is 0 Å². The summed E-state index contributed by atoms with van der Waals surface area (Å²) >= 11 is 0. The topological polar surface area (TPSA) is 49.9 Å². The van der Waals surface area contributed by atoms with Gasteiger partial charge in [-0.05, 0) is 17.7 Å². The number of ether oxygens (including phenoxy) is 1. The van der Waals surface area contributed by atoms with E-state index in [0.29, 0.717) is 17.1 Å². The van der Waals surface area contributed by atoms with Gasteiger partial charge in [0.2, 0.25) is 0 Å². The summed E-state index contributed by atoms with van der Waals surface area (Å²) < 4.78 is 40.5. The standard InChI is InChI=1S/C12H10F3N3O/c1-2-8-5-9(17-11-3-4-16-18-11)7-10(6-8)19-12(13,14)15/h2-7H,1H2,(H2,16,17,18). The van der Waals surface area contributed by atoms with E-state index in [2.05, 4.69) is 26.8 Å². The lowest BCUT2D eigenvalue weighted by atomic mass is 10.2. The average Bonchev–Trinajstić information content (AvgIpc) is 2.79. The number of H-pyrrole nitrogens is 1. The molecule has 2 rings (SSSR count). The van der Waals surface area contributed by atoms with Gasteiger partial charge in [0.25, 0.3) is 0 Å². The number of aromatic nitrogens is 2. The molecule has 100 valence electrons.